The van der Waals surface area contributed by atoms with Gasteiger partial charge < -0.3 is 19.5 Å². The molecule has 1 aliphatic heterocycles. The second-order valence-electron chi connectivity index (χ2n) is 8.58. The molecule has 1 fully saturated rings. The number of tetrazole rings is 1. The largest absolute Gasteiger partial charge is 0.458 e. The molecular formula is C24H23N7O3. The summed E-state index contributed by atoms with van der Waals surface area (Å²) in [5.74, 6) is 0.962. The Kier molecular flexibility index (Phi) is 5.06. The molecule has 5 aromatic rings. The quantitative estimate of drug-likeness (QED) is 0.398. The van der Waals surface area contributed by atoms with Crippen LogP contribution in [0.1, 0.15) is 36.0 Å². The molecule has 6 rings (SSSR count). The minimum atomic E-state index is -0.602. The number of nitrogens with zero attached hydrogens (tertiary/aromatic N) is 5. The average molecular weight is 457 g/mol. The SMILES string of the molecule is Cc1ccc2oc(C(Nc3ccc4nc[nH]c4c3)c3nnnn3CC3CCCO3)cc(=O)c2c1. The number of imidazole rings is 1. The number of H-pyrrole nitrogens is 1. The maximum absolute atomic E-state index is 13.0. The molecule has 0 saturated carbocycles. The zero-order valence-corrected chi connectivity index (χ0v) is 18.6. The molecule has 1 aliphatic rings. The lowest BCUT2D eigenvalue weighted by Gasteiger charge is -2.20. The van der Waals surface area contributed by atoms with Crippen LogP contribution in [0.3, 0.4) is 0 Å². The number of hydrogen-bond acceptors (Lipinski definition) is 8. The van der Waals surface area contributed by atoms with E-state index in [1.807, 2.05) is 43.3 Å². The molecule has 0 amide bonds. The van der Waals surface area contributed by atoms with Crippen LogP contribution in [0.5, 0.6) is 0 Å². The van der Waals surface area contributed by atoms with Gasteiger partial charge >= 0.3 is 0 Å². The number of aryl methyl sites for hydroxylation is 1. The van der Waals surface area contributed by atoms with Crippen LogP contribution in [-0.4, -0.2) is 42.9 Å². The number of nitrogens with one attached hydrogen (secondary N) is 2. The van der Waals surface area contributed by atoms with Crippen LogP contribution in [0.2, 0.25) is 0 Å². The molecule has 1 saturated heterocycles. The van der Waals surface area contributed by atoms with Crippen molar-refractivity contribution in [1.82, 2.24) is 30.2 Å². The topological polar surface area (TPSA) is 124 Å². The van der Waals surface area contributed by atoms with Crippen molar-refractivity contribution in [2.75, 3.05) is 11.9 Å². The van der Waals surface area contributed by atoms with E-state index in [2.05, 4.69) is 30.8 Å². The van der Waals surface area contributed by atoms with Crippen molar-refractivity contribution < 1.29 is 9.15 Å². The molecule has 2 unspecified atom stereocenters. The Balaban J connectivity index is 1.45. The Bertz CT molecular complexity index is 1530. The summed E-state index contributed by atoms with van der Waals surface area (Å²) in [5, 5.41) is 16.4. The van der Waals surface area contributed by atoms with Gasteiger partial charge in [-0.1, -0.05) is 11.6 Å². The standard InChI is InChI=1S/C24H23N7O3/c1-14-4-7-21-17(9-14)20(32)11-22(34-21)23(27-15-5-6-18-19(10-15)26-13-25-18)24-28-29-30-31(24)12-16-3-2-8-33-16/h4-7,9-11,13,16,23,27H,2-3,8,12H2,1H3,(H,25,26). The molecule has 4 heterocycles. The lowest BCUT2D eigenvalue weighted by Crippen LogP contribution is -2.24. The third kappa shape index (κ3) is 3.81. The molecule has 2 N–H and O–H groups in total. The Hall–Kier alpha value is -4.05. The lowest BCUT2D eigenvalue weighted by molar-refractivity contribution is 0.0925. The summed E-state index contributed by atoms with van der Waals surface area (Å²) < 4.78 is 13.7. The van der Waals surface area contributed by atoms with Crippen molar-refractivity contribution in [3.8, 4) is 0 Å². The summed E-state index contributed by atoms with van der Waals surface area (Å²) in [6.45, 7) is 3.21. The van der Waals surface area contributed by atoms with E-state index in [4.69, 9.17) is 9.15 Å². The molecule has 10 heteroatoms. The molecule has 0 spiro atoms. The first-order valence-corrected chi connectivity index (χ1v) is 11.3. The summed E-state index contributed by atoms with van der Waals surface area (Å²) in [6, 6.07) is 12.3. The highest BCUT2D eigenvalue weighted by Gasteiger charge is 2.27. The van der Waals surface area contributed by atoms with Gasteiger partial charge in [0.15, 0.2) is 11.3 Å². The fourth-order valence-electron chi connectivity index (χ4n) is 4.42. The van der Waals surface area contributed by atoms with E-state index in [0.29, 0.717) is 29.1 Å². The van der Waals surface area contributed by atoms with Crippen molar-refractivity contribution >= 4 is 27.7 Å². The predicted octanol–water partition coefficient (Wildman–Crippen LogP) is 3.34. The van der Waals surface area contributed by atoms with Crippen LogP contribution in [0, 0.1) is 6.92 Å². The Morgan fingerprint density at radius 1 is 1.24 bits per heavy atom. The number of aromatic nitrogens is 6. The molecule has 0 radical (unpaired) electrons. The lowest BCUT2D eigenvalue weighted by atomic mass is 10.1. The van der Waals surface area contributed by atoms with Crippen LogP contribution in [-0.2, 0) is 11.3 Å². The number of fused-ring (bicyclic) bond motifs is 2. The zero-order chi connectivity index (χ0) is 23.1. The van der Waals surface area contributed by atoms with E-state index in [0.717, 1.165) is 41.7 Å². The Morgan fingerprint density at radius 2 is 2.18 bits per heavy atom. The third-order valence-electron chi connectivity index (χ3n) is 6.14. The van der Waals surface area contributed by atoms with E-state index in [-0.39, 0.29) is 11.5 Å². The fraction of sp³-hybridized carbons (Fsp3) is 0.292. The molecule has 2 aromatic carbocycles. The van der Waals surface area contributed by atoms with E-state index < -0.39 is 6.04 Å². The summed E-state index contributed by atoms with van der Waals surface area (Å²) in [4.78, 5) is 20.4. The summed E-state index contributed by atoms with van der Waals surface area (Å²) in [6.07, 6.45) is 3.68. The summed E-state index contributed by atoms with van der Waals surface area (Å²) in [5.41, 5.74) is 3.95. The van der Waals surface area contributed by atoms with Crippen LogP contribution in [0.15, 0.2) is 58.0 Å². The van der Waals surface area contributed by atoms with Crippen molar-refractivity contribution in [2.24, 2.45) is 0 Å². The van der Waals surface area contributed by atoms with Gasteiger partial charge in [-0.05, 0) is 60.5 Å². The normalized spacial score (nSPS) is 16.9. The van der Waals surface area contributed by atoms with Crippen LogP contribution < -0.4 is 10.7 Å². The van der Waals surface area contributed by atoms with Gasteiger partial charge in [-0.15, -0.1) is 5.10 Å². The third-order valence-corrected chi connectivity index (χ3v) is 6.14. The van der Waals surface area contributed by atoms with Gasteiger partial charge in [0, 0.05) is 18.4 Å². The summed E-state index contributed by atoms with van der Waals surface area (Å²) in [7, 11) is 0. The number of rotatable bonds is 6. The van der Waals surface area contributed by atoms with Crippen LogP contribution in [0.4, 0.5) is 5.69 Å². The molecule has 0 aliphatic carbocycles. The highest BCUT2D eigenvalue weighted by molar-refractivity contribution is 5.79. The average Bonchev–Trinajstić information content (AvgIpc) is 3.60. The molecule has 34 heavy (non-hydrogen) atoms. The minimum absolute atomic E-state index is 0.0517. The first kappa shape index (κ1) is 20.5. The summed E-state index contributed by atoms with van der Waals surface area (Å²) >= 11 is 0. The molecule has 10 nitrogen and oxygen atoms in total. The number of aromatic amines is 1. The Labute approximate surface area is 193 Å². The van der Waals surface area contributed by atoms with Gasteiger partial charge in [-0.25, -0.2) is 9.67 Å². The van der Waals surface area contributed by atoms with Crippen molar-refractivity contribution in [2.45, 2.75) is 38.5 Å². The Morgan fingerprint density at radius 3 is 3.06 bits per heavy atom. The molecule has 3 aromatic heterocycles. The van der Waals surface area contributed by atoms with Gasteiger partial charge in [0.2, 0.25) is 0 Å². The number of benzene rings is 2. The van der Waals surface area contributed by atoms with Gasteiger partial charge in [-0.3, -0.25) is 4.79 Å². The van der Waals surface area contributed by atoms with Crippen molar-refractivity contribution in [3.63, 3.8) is 0 Å². The second-order valence-corrected chi connectivity index (χ2v) is 8.58. The molecule has 172 valence electrons. The van der Waals surface area contributed by atoms with E-state index >= 15 is 0 Å². The maximum Gasteiger partial charge on any atom is 0.193 e. The van der Waals surface area contributed by atoms with Crippen molar-refractivity contribution in [3.05, 3.63) is 76.2 Å². The number of anilines is 1. The fourth-order valence-corrected chi connectivity index (χ4v) is 4.42. The van der Waals surface area contributed by atoms with E-state index in [1.54, 1.807) is 11.0 Å². The minimum Gasteiger partial charge on any atom is -0.458 e. The molecule has 2 atom stereocenters. The first-order chi connectivity index (χ1) is 16.6. The van der Waals surface area contributed by atoms with E-state index in [1.165, 1.54) is 6.07 Å². The second kappa shape index (κ2) is 8.38. The van der Waals surface area contributed by atoms with Gasteiger partial charge in [0.05, 0.1) is 35.4 Å². The van der Waals surface area contributed by atoms with Crippen molar-refractivity contribution in [1.29, 1.82) is 0 Å². The van der Waals surface area contributed by atoms with E-state index in [9.17, 15) is 4.79 Å². The van der Waals surface area contributed by atoms with Gasteiger partial charge in [0.1, 0.15) is 17.4 Å². The molecular weight excluding hydrogens is 434 g/mol. The number of hydrogen-bond donors (Lipinski definition) is 2. The highest BCUT2D eigenvalue weighted by atomic mass is 16.5. The smallest absolute Gasteiger partial charge is 0.193 e. The van der Waals surface area contributed by atoms with Gasteiger partial charge in [-0.2, -0.15) is 0 Å². The van der Waals surface area contributed by atoms with Gasteiger partial charge in [0.25, 0.3) is 0 Å². The monoisotopic (exact) mass is 457 g/mol. The van der Waals surface area contributed by atoms with Crippen LogP contribution >= 0.6 is 0 Å². The zero-order valence-electron chi connectivity index (χ0n) is 18.6. The first-order valence-electron chi connectivity index (χ1n) is 11.3. The molecule has 0 bridgehead atoms. The highest BCUT2D eigenvalue weighted by Crippen LogP contribution is 2.28. The maximum atomic E-state index is 13.0. The number of ether oxygens (including phenoxy) is 1. The van der Waals surface area contributed by atoms with Crippen LogP contribution in [0.25, 0.3) is 22.0 Å². The predicted molar refractivity (Wildman–Crippen MR) is 126 cm³/mol.